The number of nitrogens with zero attached hydrogens (tertiary/aromatic N) is 2. The van der Waals surface area contributed by atoms with Gasteiger partial charge in [0, 0.05) is 30.2 Å². The van der Waals surface area contributed by atoms with Gasteiger partial charge in [0.2, 0.25) is 11.3 Å². The van der Waals surface area contributed by atoms with Gasteiger partial charge in [0.25, 0.3) is 5.91 Å². The molecule has 30 heavy (non-hydrogen) atoms. The summed E-state index contributed by atoms with van der Waals surface area (Å²) >= 11 is 0. The quantitative estimate of drug-likeness (QED) is 0.650. The third-order valence-electron chi connectivity index (χ3n) is 4.11. The van der Waals surface area contributed by atoms with E-state index in [1.807, 2.05) is 0 Å². The summed E-state index contributed by atoms with van der Waals surface area (Å²) in [4.78, 5) is 36.4. The first kappa shape index (κ1) is 20.9. The Hall–Kier alpha value is -3.85. The normalized spacial score (nSPS) is 10.5. The zero-order valence-electron chi connectivity index (χ0n) is 16.3. The number of benzene rings is 2. The molecule has 0 bridgehead atoms. The first-order valence-electron chi connectivity index (χ1n) is 8.95. The number of rotatable bonds is 6. The Kier molecular flexibility index (Phi) is 6.33. The second-order valence-electron chi connectivity index (χ2n) is 6.37. The summed E-state index contributed by atoms with van der Waals surface area (Å²) in [5.74, 6) is -1.58. The number of methoxy groups -OCH3 is 1. The van der Waals surface area contributed by atoms with Gasteiger partial charge in [-0.25, -0.2) is 9.07 Å². The van der Waals surface area contributed by atoms with Crippen LogP contribution < -0.4 is 16.1 Å². The largest absolute Gasteiger partial charge is 0.375 e. The molecule has 0 saturated heterocycles. The molecule has 0 aliphatic carbocycles. The Morgan fingerprint density at radius 3 is 2.33 bits per heavy atom. The van der Waals surface area contributed by atoms with Crippen LogP contribution in [0.3, 0.4) is 0 Å². The molecule has 2 N–H and O–H groups in total. The molecule has 3 rings (SSSR count). The Morgan fingerprint density at radius 1 is 1.07 bits per heavy atom. The molecule has 0 spiro atoms. The lowest BCUT2D eigenvalue weighted by molar-refractivity contribution is -0.119. The van der Waals surface area contributed by atoms with Crippen LogP contribution in [0, 0.1) is 12.7 Å². The molecule has 1 heterocycles. The van der Waals surface area contributed by atoms with Crippen LogP contribution in [0.15, 0.2) is 59.4 Å². The summed E-state index contributed by atoms with van der Waals surface area (Å²) in [5, 5.41) is 9.25. The smallest absolute Gasteiger partial charge is 0.280 e. The van der Waals surface area contributed by atoms with Gasteiger partial charge in [0.1, 0.15) is 18.1 Å². The van der Waals surface area contributed by atoms with Gasteiger partial charge in [-0.2, -0.15) is 5.10 Å². The Balaban J connectivity index is 1.82. The minimum atomic E-state index is -0.735. The number of aromatic nitrogens is 2. The zero-order chi connectivity index (χ0) is 21.7. The van der Waals surface area contributed by atoms with Crippen molar-refractivity contribution in [1.82, 2.24) is 9.78 Å². The van der Waals surface area contributed by atoms with E-state index in [-0.39, 0.29) is 23.9 Å². The maximum Gasteiger partial charge on any atom is 0.280 e. The van der Waals surface area contributed by atoms with Crippen molar-refractivity contribution < 1.29 is 18.7 Å². The SMILES string of the molecule is COCC(=O)Nc1ccc(NC(=O)c2nn(-c3ccccc3F)c(C)cc2=O)cc1. The van der Waals surface area contributed by atoms with Gasteiger partial charge in [-0.1, -0.05) is 12.1 Å². The van der Waals surface area contributed by atoms with E-state index in [4.69, 9.17) is 4.74 Å². The number of halogens is 1. The minimum Gasteiger partial charge on any atom is -0.375 e. The lowest BCUT2D eigenvalue weighted by Crippen LogP contribution is -2.27. The number of para-hydroxylation sites is 1. The average Bonchev–Trinajstić information content (AvgIpc) is 2.70. The molecule has 0 unspecified atom stereocenters. The van der Waals surface area contributed by atoms with Crippen molar-refractivity contribution in [3.8, 4) is 5.69 Å². The molecule has 154 valence electrons. The number of anilines is 2. The van der Waals surface area contributed by atoms with Gasteiger partial charge in [-0.3, -0.25) is 14.4 Å². The maximum absolute atomic E-state index is 14.1. The lowest BCUT2D eigenvalue weighted by Gasteiger charge is -2.12. The van der Waals surface area contributed by atoms with Crippen molar-refractivity contribution >= 4 is 23.2 Å². The van der Waals surface area contributed by atoms with E-state index in [1.165, 1.54) is 36.1 Å². The number of ether oxygens (including phenoxy) is 1. The molecule has 9 heteroatoms. The van der Waals surface area contributed by atoms with Crippen molar-refractivity contribution in [1.29, 1.82) is 0 Å². The number of nitrogens with one attached hydrogen (secondary N) is 2. The second-order valence-corrected chi connectivity index (χ2v) is 6.37. The van der Waals surface area contributed by atoms with Crippen molar-refractivity contribution in [2.75, 3.05) is 24.4 Å². The number of amides is 2. The van der Waals surface area contributed by atoms with Crippen molar-refractivity contribution in [3.63, 3.8) is 0 Å². The van der Waals surface area contributed by atoms with E-state index in [0.29, 0.717) is 17.1 Å². The van der Waals surface area contributed by atoms with E-state index in [0.717, 1.165) is 0 Å². The molecule has 2 aromatic carbocycles. The monoisotopic (exact) mass is 410 g/mol. The molecular formula is C21H19FN4O4. The number of hydrogen-bond acceptors (Lipinski definition) is 5. The molecule has 0 atom stereocenters. The van der Waals surface area contributed by atoms with Crippen LogP contribution in [-0.2, 0) is 9.53 Å². The zero-order valence-corrected chi connectivity index (χ0v) is 16.3. The van der Waals surface area contributed by atoms with Crippen LogP contribution in [0.4, 0.5) is 15.8 Å². The summed E-state index contributed by atoms with van der Waals surface area (Å²) in [7, 11) is 1.41. The van der Waals surface area contributed by atoms with Gasteiger partial charge < -0.3 is 15.4 Å². The van der Waals surface area contributed by atoms with Crippen molar-refractivity contribution in [3.05, 3.63) is 82.0 Å². The predicted molar refractivity (Wildman–Crippen MR) is 109 cm³/mol. The molecule has 0 radical (unpaired) electrons. The average molecular weight is 410 g/mol. The van der Waals surface area contributed by atoms with Gasteiger partial charge in [0.15, 0.2) is 5.69 Å². The highest BCUT2D eigenvalue weighted by molar-refractivity contribution is 6.03. The van der Waals surface area contributed by atoms with Crippen molar-refractivity contribution in [2.24, 2.45) is 0 Å². The van der Waals surface area contributed by atoms with Crippen LogP contribution in [-0.4, -0.2) is 35.3 Å². The highest BCUT2D eigenvalue weighted by atomic mass is 19.1. The highest BCUT2D eigenvalue weighted by Crippen LogP contribution is 2.15. The molecule has 0 saturated carbocycles. The van der Waals surface area contributed by atoms with E-state index < -0.39 is 17.2 Å². The van der Waals surface area contributed by atoms with E-state index in [1.54, 1.807) is 37.3 Å². The van der Waals surface area contributed by atoms with Crippen LogP contribution in [0.5, 0.6) is 0 Å². The van der Waals surface area contributed by atoms with Crippen LogP contribution >= 0.6 is 0 Å². The summed E-state index contributed by atoms with van der Waals surface area (Å²) in [6.45, 7) is 1.52. The van der Waals surface area contributed by atoms with Crippen LogP contribution in [0.2, 0.25) is 0 Å². The third-order valence-corrected chi connectivity index (χ3v) is 4.11. The Morgan fingerprint density at radius 2 is 1.70 bits per heavy atom. The fraction of sp³-hybridized carbons (Fsp3) is 0.143. The highest BCUT2D eigenvalue weighted by Gasteiger charge is 2.17. The van der Waals surface area contributed by atoms with Crippen LogP contribution in [0.25, 0.3) is 5.69 Å². The predicted octanol–water partition coefficient (Wildman–Crippen LogP) is 2.52. The van der Waals surface area contributed by atoms with E-state index >= 15 is 0 Å². The Bertz CT molecular complexity index is 1140. The van der Waals surface area contributed by atoms with Gasteiger partial charge in [-0.05, 0) is 43.3 Å². The summed E-state index contributed by atoms with van der Waals surface area (Å²) in [5.41, 5.74) is 0.467. The maximum atomic E-state index is 14.1. The topological polar surface area (TPSA) is 102 Å². The Labute approximate surface area is 171 Å². The summed E-state index contributed by atoms with van der Waals surface area (Å²) < 4.78 is 20.1. The number of hydrogen-bond donors (Lipinski definition) is 2. The first-order valence-corrected chi connectivity index (χ1v) is 8.95. The second kappa shape index (κ2) is 9.10. The van der Waals surface area contributed by atoms with E-state index in [2.05, 4.69) is 15.7 Å². The minimum absolute atomic E-state index is 0.0775. The molecule has 3 aromatic rings. The van der Waals surface area contributed by atoms with Crippen LogP contribution in [0.1, 0.15) is 16.2 Å². The van der Waals surface area contributed by atoms with Gasteiger partial charge in [-0.15, -0.1) is 0 Å². The fourth-order valence-corrected chi connectivity index (χ4v) is 2.73. The van der Waals surface area contributed by atoms with Gasteiger partial charge >= 0.3 is 0 Å². The standard InChI is InChI=1S/C21H19FN4O4/c1-13-11-18(27)20(25-26(13)17-6-4-3-5-16(17)22)21(29)24-15-9-7-14(8-10-15)23-19(28)12-30-2/h3-11H,12H2,1-2H3,(H,23,28)(H,24,29). The molecule has 0 aliphatic rings. The lowest BCUT2D eigenvalue weighted by atomic mass is 10.2. The van der Waals surface area contributed by atoms with Gasteiger partial charge in [0.05, 0.1) is 0 Å². The summed E-state index contributed by atoms with van der Waals surface area (Å²) in [6.07, 6.45) is 0. The molecule has 8 nitrogen and oxygen atoms in total. The summed E-state index contributed by atoms with van der Waals surface area (Å²) in [6, 6.07) is 13.4. The fourth-order valence-electron chi connectivity index (χ4n) is 2.73. The molecular weight excluding hydrogens is 391 g/mol. The number of carbonyl (C=O) groups excluding carboxylic acids is 2. The molecule has 0 fully saturated rings. The molecule has 2 amide bonds. The molecule has 1 aromatic heterocycles. The number of aryl methyl sites for hydroxylation is 1. The molecule has 0 aliphatic heterocycles. The first-order chi connectivity index (χ1) is 14.4. The van der Waals surface area contributed by atoms with Crippen molar-refractivity contribution in [2.45, 2.75) is 6.92 Å². The van der Waals surface area contributed by atoms with E-state index in [9.17, 15) is 18.8 Å². The third kappa shape index (κ3) is 4.76. The number of carbonyl (C=O) groups is 2.